The summed E-state index contributed by atoms with van der Waals surface area (Å²) in [6.07, 6.45) is -54.4. The van der Waals surface area contributed by atoms with Crippen LogP contribution in [0.15, 0.2) is 0 Å². The van der Waals surface area contributed by atoms with Gasteiger partial charge in [-0.3, -0.25) is 0 Å². The molecule has 0 aliphatic rings. The Morgan fingerprint density at radius 3 is 0.588 bits per heavy atom. The molecule has 0 N–H and O–H groups in total. The predicted octanol–water partition coefficient (Wildman–Crippen LogP) is 6.54. The van der Waals surface area contributed by atoms with E-state index >= 15 is 0 Å². The quantitative estimate of drug-likeness (QED) is 0.134. The minimum atomic E-state index is -6.51. The molecule has 0 unspecified atom stereocenters. The number of hydrogen-bond acceptors (Lipinski definition) is 6. The van der Waals surface area contributed by atoms with Crippen molar-refractivity contribution in [3.63, 3.8) is 0 Å². The molecule has 0 spiro atoms. The zero-order chi connectivity index (χ0) is 27.6. The highest BCUT2D eigenvalue weighted by molar-refractivity contribution is 7.41. The second kappa shape index (κ2) is 10.9. The molecule has 0 radical (unpaired) electrons. The highest BCUT2D eigenvalue weighted by atomic mass is 31.2. The second-order valence-corrected chi connectivity index (χ2v) is 6.02. The first-order valence-electron chi connectivity index (χ1n) is 6.89. The maximum Gasteiger partial charge on any atom is 0.426 e. The van der Waals surface area contributed by atoms with Gasteiger partial charge in [0.1, 0.15) is 0 Å². The van der Waals surface area contributed by atoms with Gasteiger partial charge in [0.15, 0.2) is 0 Å². The van der Waals surface area contributed by atoms with Gasteiger partial charge in [0.25, 0.3) is 18.3 Å². The van der Waals surface area contributed by atoms with E-state index in [0.29, 0.717) is 0 Å². The first-order chi connectivity index (χ1) is 14.7. The molecule has 0 rings (SSSR count). The molecule has 0 bridgehead atoms. The highest BCUT2D eigenvalue weighted by Gasteiger charge is 2.62. The standard InChI is InChI=1S/C9H3F18O6P/c10-4(11,12)1(5(13,14)15)28-31-34(32-29-2(6(16,17)18)7(19,20)21)33-30-3(8(22,23)24)9(25,26)27/h1-3H. The molecule has 0 amide bonds. The van der Waals surface area contributed by atoms with Crippen molar-refractivity contribution >= 4 is 8.60 Å². The molecular weight excluding hydrogens is 577 g/mol. The molecule has 206 valence electrons. The van der Waals surface area contributed by atoms with Gasteiger partial charge in [-0.1, -0.05) is 0 Å². The maximum absolute atomic E-state index is 12.3. The first kappa shape index (κ1) is 32.9. The molecule has 0 aromatic carbocycles. The molecule has 0 saturated carbocycles. The molecule has 0 aliphatic carbocycles. The monoisotopic (exact) mass is 580 g/mol. The Morgan fingerprint density at radius 2 is 0.471 bits per heavy atom. The van der Waals surface area contributed by atoms with E-state index in [-0.39, 0.29) is 0 Å². The van der Waals surface area contributed by atoms with Crippen LogP contribution in [-0.2, 0) is 28.7 Å². The lowest BCUT2D eigenvalue weighted by molar-refractivity contribution is -0.442. The van der Waals surface area contributed by atoms with Crippen LogP contribution in [0.3, 0.4) is 0 Å². The van der Waals surface area contributed by atoms with E-state index < -0.39 is 64.0 Å². The molecule has 0 atom stereocenters. The van der Waals surface area contributed by atoms with Crippen LogP contribution in [0.2, 0.25) is 0 Å². The van der Waals surface area contributed by atoms with Crippen LogP contribution in [-0.4, -0.2) is 55.4 Å². The van der Waals surface area contributed by atoms with Crippen molar-refractivity contribution < 1.29 is 108 Å². The van der Waals surface area contributed by atoms with Crippen molar-refractivity contribution in [2.75, 3.05) is 0 Å². The van der Waals surface area contributed by atoms with Gasteiger partial charge < -0.3 is 0 Å². The van der Waals surface area contributed by atoms with E-state index in [2.05, 4.69) is 28.7 Å². The SMILES string of the molecule is FC(F)(F)C(OOP(OOC(C(F)(F)F)C(F)(F)F)OOC(C(F)(F)F)C(F)(F)F)C(F)(F)F. The molecule has 34 heavy (non-hydrogen) atoms. The van der Waals surface area contributed by atoms with Gasteiger partial charge in [-0.05, 0) is 0 Å². The van der Waals surface area contributed by atoms with E-state index in [1.807, 2.05) is 0 Å². The highest BCUT2D eigenvalue weighted by Crippen LogP contribution is 2.48. The van der Waals surface area contributed by atoms with Crippen LogP contribution in [0.5, 0.6) is 0 Å². The summed E-state index contributed by atoms with van der Waals surface area (Å²) in [5, 5.41) is 0. The van der Waals surface area contributed by atoms with Crippen molar-refractivity contribution in [3.8, 4) is 0 Å². The van der Waals surface area contributed by atoms with E-state index in [4.69, 9.17) is 0 Å². The van der Waals surface area contributed by atoms with Crippen LogP contribution in [0.1, 0.15) is 0 Å². The summed E-state index contributed by atoms with van der Waals surface area (Å²) >= 11 is 0. The van der Waals surface area contributed by atoms with Gasteiger partial charge >= 0.3 is 45.7 Å². The van der Waals surface area contributed by atoms with Gasteiger partial charge in [-0.15, -0.1) is 14.0 Å². The fourth-order valence-electron chi connectivity index (χ4n) is 1.16. The van der Waals surface area contributed by atoms with E-state index in [9.17, 15) is 79.0 Å². The van der Waals surface area contributed by atoms with Crippen LogP contribution in [0, 0.1) is 0 Å². The van der Waals surface area contributed by atoms with Crippen molar-refractivity contribution in [2.45, 2.75) is 55.4 Å². The summed E-state index contributed by atoms with van der Waals surface area (Å²) in [4.78, 5) is 7.75. The molecule has 0 aromatic rings. The number of alkyl halides is 18. The van der Waals surface area contributed by atoms with Crippen molar-refractivity contribution in [3.05, 3.63) is 0 Å². The molecule has 0 fully saturated rings. The summed E-state index contributed by atoms with van der Waals surface area (Å²) < 4.78 is 229. The van der Waals surface area contributed by atoms with Gasteiger partial charge in [0, 0.05) is 0 Å². The Hall–Kier alpha value is -1.07. The number of hydrogen-bond donors (Lipinski definition) is 0. The van der Waals surface area contributed by atoms with E-state index in [0.717, 1.165) is 0 Å². The minimum absolute atomic E-state index is 2.58. The average Bonchev–Trinajstić information content (AvgIpc) is 2.46. The summed E-state index contributed by atoms with van der Waals surface area (Å²) in [7, 11) is -5.11. The van der Waals surface area contributed by atoms with Crippen molar-refractivity contribution in [2.24, 2.45) is 0 Å². The Bertz CT molecular complexity index is 491. The summed E-state index contributed by atoms with van der Waals surface area (Å²) in [5.41, 5.74) is 0. The predicted molar refractivity (Wildman–Crippen MR) is 61.1 cm³/mol. The van der Waals surface area contributed by atoms with Crippen molar-refractivity contribution in [1.29, 1.82) is 0 Å². The average molecular weight is 580 g/mol. The lowest BCUT2D eigenvalue weighted by Crippen LogP contribution is -2.45. The van der Waals surface area contributed by atoms with Gasteiger partial charge in [0.05, 0.1) is 0 Å². The van der Waals surface area contributed by atoms with Crippen molar-refractivity contribution in [1.82, 2.24) is 0 Å². The van der Waals surface area contributed by atoms with E-state index in [1.54, 1.807) is 0 Å². The van der Waals surface area contributed by atoms with Gasteiger partial charge in [0.2, 0.25) is 0 Å². The van der Waals surface area contributed by atoms with E-state index in [1.165, 1.54) is 0 Å². The zero-order valence-electron chi connectivity index (χ0n) is 14.4. The topological polar surface area (TPSA) is 55.4 Å². The molecule has 0 aromatic heterocycles. The molecular formula is C9H3F18O6P. The summed E-state index contributed by atoms with van der Waals surface area (Å²) in [5.74, 6) is 0. The third-order valence-electron chi connectivity index (χ3n) is 2.38. The lowest BCUT2D eigenvalue weighted by Gasteiger charge is -2.26. The normalized spacial score (nSPS) is 15.4. The molecule has 0 heterocycles. The van der Waals surface area contributed by atoms with Crippen LogP contribution in [0.25, 0.3) is 0 Å². The second-order valence-electron chi connectivity index (χ2n) is 5.13. The minimum Gasteiger partial charge on any atom is -0.206 e. The Labute approximate surface area is 173 Å². The summed E-state index contributed by atoms with van der Waals surface area (Å²) in [6.45, 7) is 0. The molecule has 25 heteroatoms. The Morgan fingerprint density at radius 1 is 0.324 bits per heavy atom. The maximum atomic E-state index is 12.3. The van der Waals surface area contributed by atoms with Gasteiger partial charge in [-0.2, -0.15) is 79.0 Å². The zero-order valence-corrected chi connectivity index (χ0v) is 15.3. The lowest BCUT2D eigenvalue weighted by atomic mass is 10.3. The Kier molecular flexibility index (Phi) is 10.6. The third kappa shape index (κ3) is 11.1. The third-order valence-corrected chi connectivity index (χ3v) is 3.01. The van der Waals surface area contributed by atoms with Crippen LogP contribution >= 0.6 is 8.60 Å². The fraction of sp³-hybridized carbons (Fsp3) is 1.00. The molecule has 0 aliphatic heterocycles. The van der Waals surface area contributed by atoms with Crippen LogP contribution < -0.4 is 0 Å². The number of rotatable bonds is 9. The first-order valence-corrected chi connectivity index (χ1v) is 7.98. The smallest absolute Gasteiger partial charge is 0.206 e. The molecule has 0 saturated heterocycles. The summed E-state index contributed by atoms with van der Waals surface area (Å²) in [6, 6.07) is 0. The molecule has 6 nitrogen and oxygen atoms in total. The fourth-order valence-corrected chi connectivity index (χ4v) is 1.70. The Balaban J connectivity index is 5.79. The van der Waals surface area contributed by atoms with Crippen LogP contribution in [0.4, 0.5) is 79.0 Å². The number of halogens is 18. The van der Waals surface area contributed by atoms with Gasteiger partial charge in [-0.25, -0.2) is 14.7 Å². The largest absolute Gasteiger partial charge is 0.426 e.